The zero-order chi connectivity index (χ0) is 13.9. The Bertz CT molecular complexity index is 665. The van der Waals surface area contributed by atoms with E-state index in [-0.39, 0.29) is 0 Å². The van der Waals surface area contributed by atoms with Gasteiger partial charge in [0.2, 0.25) is 0 Å². The summed E-state index contributed by atoms with van der Waals surface area (Å²) in [5.74, 6) is 0.679. The average Bonchev–Trinajstić information content (AvgIpc) is 2.89. The molecule has 20 heavy (non-hydrogen) atoms. The van der Waals surface area contributed by atoms with E-state index in [0.717, 1.165) is 24.2 Å². The number of nitrogens with zero attached hydrogens (tertiary/aromatic N) is 4. The lowest BCUT2D eigenvalue weighted by Gasteiger charge is -2.17. The van der Waals surface area contributed by atoms with Gasteiger partial charge in [-0.3, -0.25) is 4.68 Å². The van der Waals surface area contributed by atoms with Crippen molar-refractivity contribution in [1.29, 1.82) is 5.26 Å². The number of aromatic nitrogens is 3. The van der Waals surface area contributed by atoms with Crippen LogP contribution in [-0.2, 0) is 26.4 Å². The molecule has 5 nitrogen and oxygen atoms in total. The van der Waals surface area contributed by atoms with Crippen LogP contribution in [0.4, 0.5) is 5.82 Å². The first-order valence-corrected chi connectivity index (χ1v) is 6.91. The van der Waals surface area contributed by atoms with Crippen molar-refractivity contribution in [2.24, 2.45) is 7.05 Å². The number of pyridine rings is 1. The number of anilines is 1. The summed E-state index contributed by atoms with van der Waals surface area (Å²) in [6, 6.07) is 6.18. The van der Waals surface area contributed by atoms with E-state index >= 15 is 0 Å². The maximum Gasteiger partial charge on any atom is 0.144 e. The molecule has 0 atom stereocenters. The van der Waals surface area contributed by atoms with Crippen LogP contribution in [0, 0.1) is 11.3 Å². The van der Waals surface area contributed by atoms with Crippen LogP contribution < -0.4 is 5.32 Å². The van der Waals surface area contributed by atoms with Crippen molar-refractivity contribution in [1.82, 2.24) is 14.8 Å². The second-order valence-electron chi connectivity index (χ2n) is 5.14. The Balaban J connectivity index is 1.83. The first-order chi connectivity index (χ1) is 9.76. The molecule has 2 heterocycles. The zero-order valence-corrected chi connectivity index (χ0v) is 11.6. The van der Waals surface area contributed by atoms with Gasteiger partial charge in [-0.1, -0.05) is 0 Å². The average molecular weight is 267 g/mol. The molecular weight excluding hydrogens is 250 g/mol. The lowest BCUT2D eigenvalue weighted by Crippen LogP contribution is -2.11. The molecule has 2 aromatic rings. The van der Waals surface area contributed by atoms with Gasteiger partial charge >= 0.3 is 0 Å². The summed E-state index contributed by atoms with van der Waals surface area (Å²) < 4.78 is 1.77. The molecule has 102 valence electrons. The molecule has 5 heteroatoms. The van der Waals surface area contributed by atoms with Crippen LogP contribution in [0.5, 0.6) is 0 Å². The largest absolute Gasteiger partial charge is 0.363 e. The fourth-order valence-corrected chi connectivity index (χ4v) is 2.59. The van der Waals surface area contributed by atoms with Gasteiger partial charge in [0.05, 0.1) is 17.8 Å². The lowest BCUT2D eigenvalue weighted by atomic mass is 9.95. The maximum atomic E-state index is 9.27. The summed E-state index contributed by atoms with van der Waals surface area (Å²) in [6.45, 7) is 0.585. The van der Waals surface area contributed by atoms with Crippen LogP contribution in [0.25, 0.3) is 0 Å². The van der Waals surface area contributed by atoms with Crippen LogP contribution in [-0.4, -0.2) is 14.8 Å². The molecule has 0 saturated heterocycles. The Hall–Kier alpha value is -2.35. The normalized spacial score (nSPS) is 13.6. The molecule has 1 aliphatic carbocycles. The Labute approximate surface area is 118 Å². The van der Waals surface area contributed by atoms with Crippen LogP contribution in [0.15, 0.2) is 18.3 Å². The van der Waals surface area contributed by atoms with Crippen molar-refractivity contribution in [2.45, 2.75) is 32.2 Å². The molecule has 1 aliphatic rings. The molecule has 0 aliphatic heterocycles. The number of nitriles is 1. The van der Waals surface area contributed by atoms with Gasteiger partial charge in [0.25, 0.3) is 0 Å². The molecule has 0 amide bonds. The molecule has 0 bridgehead atoms. The van der Waals surface area contributed by atoms with E-state index in [1.807, 2.05) is 25.4 Å². The fraction of sp³-hybridized carbons (Fsp3) is 0.400. The highest BCUT2D eigenvalue weighted by Crippen LogP contribution is 2.24. The number of nitrogens with one attached hydrogen (secondary N) is 1. The topological polar surface area (TPSA) is 66.5 Å². The Kier molecular flexibility index (Phi) is 3.38. The third-order valence-corrected chi connectivity index (χ3v) is 3.63. The molecule has 0 fully saturated rings. The molecule has 0 spiro atoms. The monoisotopic (exact) mass is 267 g/mol. The molecule has 3 rings (SSSR count). The maximum absolute atomic E-state index is 9.27. The van der Waals surface area contributed by atoms with E-state index in [4.69, 9.17) is 0 Å². The molecule has 0 radical (unpaired) electrons. The van der Waals surface area contributed by atoms with Gasteiger partial charge in [0, 0.05) is 18.9 Å². The fourth-order valence-electron chi connectivity index (χ4n) is 2.59. The highest BCUT2D eigenvalue weighted by atomic mass is 15.3. The van der Waals surface area contributed by atoms with Crippen LogP contribution >= 0.6 is 0 Å². The summed E-state index contributed by atoms with van der Waals surface area (Å²) >= 11 is 0. The minimum absolute atomic E-state index is 0.585. The second-order valence-corrected chi connectivity index (χ2v) is 5.14. The Morgan fingerprint density at radius 3 is 3.00 bits per heavy atom. The predicted molar refractivity (Wildman–Crippen MR) is 76.1 cm³/mol. The molecule has 1 N–H and O–H groups in total. The minimum Gasteiger partial charge on any atom is -0.363 e. The Morgan fingerprint density at radius 1 is 1.40 bits per heavy atom. The van der Waals surface area contributed by atoms with E-state index in [2.05, 4.69) is 21.5 Å². The van der Waals surface area contributed by atoms with E-state index in [0.29, 0.717) is 17.9 Å². The predicted octanol–water partition coefficient (Wildman–Crippen LogP) is 2.18. The number of rotatable bonds is 3. The summed E-state index contributed by atoms with van der Waals surface area (Å²) in [7, 11) is 1.89. The molecule has 0 saturated carbocycles. The Morgan fingerprint density at radius 2 is 2.25 bits per heavy atom. The number of fused-ring (bicyclic) bond motifs is 1. The van der Waals surface area contributed by atoms with E-state index in [9.17, 15) is 5.26 Å². The number of aryl methyl sites for hydroxylation is 3. The van der Waals surface area contributed by atoms with E-state index in [1.54, 1.807) is 4.68 Å². The standard InChI is InChI=1S/C15H17N5/c1-20-7-6-13(19-20)10-17-15-12(9-16)8-11-4-2-3-5-14(11)18-15/h6-8H,2-5,10H2,1H3,(H,17,18). The molecular formula is C15H17N5. The van der Waals surface area contributed by atoms with Crippen molar-refractivity contribution in [3.8, 4) is 6.07 Å². The first-order valence-electron chi connectivity index (χ1n) is 6.91. The number of hydrogen-bond donors (Lipinski definition) is 1. The van der Waals surface area contributed by atoms with Gasteiger partial charge in [0.1, 0.15) is 11.9 Å². The van der Waals surface area contributed by atoms with Crippen LogP contribution in [0.2, 0.25) is 0 Å². The first kappa shape index (κ1) is 12.7. The van der Waals surface area contributed by atoms with Crippen molar-refractivity contribution in [2.75, 3.05) is 5.32 Å². The highest BCUT2D eigenvalue weighted by molar-refractivity contribution is 5.54. The molecule has 2 aromatic heterocycles. The van der Waals surface area contributed by atoms with Crippen molar-refractivity contribution in [3.63, 3.8) is 0 Å². The van der Waals surface area contributed by atoms with Crippen LogP contribution in [0.1, 0.15) is 35.4 Å². The van der Waals surface area contributed by atoms with Gasteiger partial charge in [-0.05, 0) is 43.4 Å². The SMILES string of the molecule is Cn1ccc(CNc2nc3c(cc2C#N)CCCC3)n1. The summed E-state index contributed by atoms with van der Waals surface area (Å²) in [5.41, 5.74) is 3.94. The van der Waals surface area contributed by atoms with Gasteiger partial charge in [-0.15, -0.1) is 0 Å². The molecule has 0 unspecified atom stereocenters. The lowest BCUT2D eigenvalue weighted by molar-refractivity contribution is 0.667. The second kappa shape index (κ2) is 5.33. The van der Waals surface area contributed by atoms with Crippen molar-refractivity contribution < 1.29 is 0 Å². The van der Waals surface area contributed by atoms with Crippen LogP contribution in [0.3, 0.4) is 0 Å². The highest BCUT2D eigenvalue weighted by Gasteiger charge is 2.15. The van der Waals surface area contributed by atoms with Crippen molar-refractivity contribution >= 4 is 5.82 Å². The number of hydrogen-bond acceptors (Lipinski definition) is 4. The van der Waals surface area contributed by atoms with Crippen molar-refractivity contribution in [3.05, 3.63) is 40.8 Å². The third kappa shape index (κ3) is 2.50. The van der Waals surface area contributed by atoms with Gasteiger partial charge in [-0.25, -0.2) is 4.98 Å². The summed E-state index contributed by atoms with van der Waals surface area (Å²) in [4.78, 5) is 4.64. The summed E-state index contributed by atoms with van der Waals surface area (Å²) in [5, 5.41) is 16.8. The zero-order valence-electron chi connectivity index (χ0n) is 11.6. The third-order valence-electron chi connectivity index (χ3n) is 3.63. The van der Waals surface area contributed by atoms with E-state index < -0.39 is 0 Å². The van der Waals surface area contributed by atoms with E-state index in [1.165, 1.54) is 18.4 Å². The van der Waals surface area contributed by atoms with Gasteiger partial charge < -0.3 is 5.32 Å². The quantitative estimate of drug-likeness (QED) is 0.925. The van der Waals surface area contributed by atoms with Gasteiger partial charge in [0.15, 0.2) is 0 Å². The summed E-state index contributed by atoms with van der Waals surface area (Å²) in [6.07, 6.45) is 6.34. The smallest absolute Gasteiger partial charge is 0.144 e. The molecule has 0 aromatic carbocycles. The van der Waals surface area contributed by atoms with Gasteiger partial charge in [-0.2, -0.15) is 10.4 Å². The minimum atomic E-state index is 0.585.